The SMILES string of the molecule is C=C1[C@@H](O)CC[C@H]2[C@@](C)(CCC3=CC(=O)O[C@@H]3OC)[C@H](C)CC[C@@]12C. The third-order valence-corrected chi connectivity index (χ3v) is 7.65. The van der Waals surface area contributed by atoms with Gasteiger partial charge in [0.25, 0.3) is 0 Å². The Balaban J connectivity index is 1.81. The average Bonchev–Trinajstić information content (AvgIpc) is 2.94. The minimum atomic E-state index is -0.524. The second-order valence-corrected chi connectivity index (χ2v) is 8.76. The summed E-state index contributed by atoms with van der Waals surface area (Å²) in [6.07, 6.45) is 6.63. The number of rotatable bonds is 4. The number of hydrogen-bond donors (Lipinski definition) is 1. The Morgan fingerprint density at radius 3 is 2.76 bits per heavy atom. The minimum Gasteiger partial charge on any atom is -0.428 e. The summed E-state index contributed by atoms with van der Waals surface area (Å²) in [7, 11) is 1.58. The van der Waals surface area contributed by atoms with Gasteiger partial charge < -0.3 is 14.6 Å². The number of aliphatic hydroxyl groups excluding tert-OH is 1. The number of fused-ring (bicyclic) bond motifs is 1. The molecule has 3 rings (SSSR count). The molecule has 2 aliphatic carbocycles. The van der Waals surface area contributed by atoms with E-state index in [0.717, 1.165) is 49.7 Å². The van der Waals surface area contributed by atoms with Gasteiger partial charge in [0.2, 0.25) is 6.29 Å². The lowest BCUT2D eigenvalue weighted by atomic mass is 9.46. The van der Waals surface area contributed by atoms with E-state index in [0.29, 0.717) is 11.8 Å². The number of cyclic esters (lactones) is 1. The number of esters is 1. The molecule has 4 heteroatoms. The second kappa shape index (κ2) is 6.55. The molecular weight excluding hydrogens is 316 g/mol. The average molecular weight is 348 g/mol. The number of hydrogen-bond acceptors (Lipinski definition) is 4. The first kappa shape index (κ1) is 18.7. The van der Waals surface area contributed by atoms with Crippen molar-refractivity contribution in [1.29, 1.82) is 0 Å². The number of carbonyl (C=O) groups excluding carboxylic acids is 1. The van der Waals surface area contributed by atoms with E-state index in [-0.39, 0.29) is 22.9 Å². The first-order chi connectivity index (χ1) is 11.7. The molecule has 2 saturated carbocycles. The van der Waals surface area contributed by atoms with E-state index in [1.807, 2.05) is 0 Å². The molecule has 1 N–H and O–H groups in total. The molecule has 0 amide bonds. The van der Waals surface area contributed by atoms with Gasteiger partial charge in [-0.2, -0.15) is 0 Å². The largest absolute Gasteiger partial charge is 0.428 e. The van der Waals surface area contributed by atoms with Crippen LogP contribution in [0.3, 0.4) is 0 Å². The van der Waals surface area contributed by atoms with Crippen LogP contribution in [0.4, 0.5) is 0 Å². The Morgan fingerprint density at radius 2 is 2.08 bits per heavy atom. The Kier molecular flexibility index (Phi) is 4.89. The van der Waals surface area contributed by atoms with Crippen LogP contribution in [0.15, 0.2) is 23.8 Å². The molecule has 0 aromatic carbocycles. The molecule has 0 spiro atoms. The lowest BCUT2D eigenvalue weighted by molar-refractivity contribution is -0.155. The molecule has 0 unspecified atom stereocenters. The second-order valence-electron chi connectivity index (χ2n) is 8.76. The number of carbonyl (C=O) groups is 1. The van der Waals surface area contributed by atoms with Crippen LogP contribution in [0.5, 0.6) is 0 Å². The molecule has 4 nitrogen and oxygen atoms in total. The van der Waals surface area contributed by atoms with Crippen LogP contribution in [0.2, 0.25) is 0 Å². The zero-order valence-corrected chi connectivity index (χ0v) is 16.0. The molecule has 0 saturated heterocycles. The molecule has 0 aromatic rings. The van der Waals surface area contributed by atoms with Crippen molar-refractivity contribution in [1.82, 2.24) is 0 Å². The lowest BCUT2D eigenvalue weighted by Gasteiger charge is -2.59. The third kappa shape index (κ3) is 2.97. The van der Waals surface area contributed by atoms with Crippen LogP contribution in [0.25, 0.3) is 0 Å². The summed E-state index contributed by atoms with van der Waals surface area (Å²) in [5.74, 6) is 0.815. The molecule has 1 aliphatic heterocycles. The molecule has 2 fully saturated rings. The highest BCUT2D eigenvalue weighted by Crippen LogP contribution is 2.62. The summed E-state index contributed by atoms with van der Waals surface area (Å²) < 4.78 is 10.5. The molecule has 25 heavy (non-hydrogen) atoms. The number of methoxy groups -OCH3 is 1. The Labute approximate surface area is 151 Å². The monoisotopic (exact) mass is 348 g/mol. The Morgan fingerprint density at radius 1 is 1.36 bits per heavy atom. The fourth-order valence-corrected chi connectivity index (χ4v) is 5.66. The van der Waals surface area contributed by atoms with E-state index in [1.165, 1.54) is 0 Å². The molecule has 0 aromatic heterocycles. The van der Waals surface area contributed by atoms with E-state index in [4.69, 9.17) is 9.47 Å². The standard InChI is InChI=1S/C21H32O4/c1-13-8-10-21(4)14(2)16(22)6-7-17(21)20(13,3)11-9-15-12-18(23)25-19(15)24-5/h12-13,16-17,19,22H,2,6-11H2,1,3-5H3/t13-,16+,17+,19+,20+,21+/m1/s1. The molecular formula is C21H32O4. The van der Waals surface area contributed by atoms with Crippen molar-refractivity contribution in [2.24, 2.45) is 22.7 Å². The van der Waals surface area contributed by atoms with E-state index in [2.05, 4.69) is 27.4 Å². The van der Waals surface area contributed by atoms with Crippen molar-refractivity contribution >= 4 is 5.97 Å². The molecule has 3 aliphatic rings. The molecule has 140 valence electrons. The zero-order chi connectivity index (χ0) is 18.4. The van der Waals surface area contributed by atoms with E-state index in [9.17, 15) is 9.90 Å². The predicted octanol–water partition coefficient (Wildman–Crippen LogP) is 3.99. The third-order valence-electron chi connectivity index (χ3n) is 7.65. The maximum absolute atomic E-state index is 11.6. The summed E-state index contributed by atoms with van der Waals surface area (Å²) in [5, 5.41) is 10.3. The summed E-state index contributed by atoms with van der Waals surface area (Å²) >= 11 is 0. The van der Waals surface area contributed by atoms with Crippen LogP contribution < -0.4 is 0 Å². The predicted molar refractivity (Wildman–Crippen MR) is 96.7 cm³/mol. The highest BCUT2D eigenvalue weighted by Gasteiger charge is 2.55. The molecule has 1 heterocycles. The van der Waals surface area contributed by atoms with Gasteiger partial charge in [-0.3, -0.25) is 0 Å². The van der Waals surface area contributed by atoms with Crippen LogP contribution in [0.1, 0.15) is 59.3 Å². The van der Waals surface area contributed by atoms with Gasteiger partial charge in [0, 0.05) is 18.8 Å². The van der Waals surface area contributed by atoms with E-state index >= 15 is 0 Å². The number of aliphatic hydroxyl groups is 1. The van der Waals surface area contributed by atoms with Crippen molar-refractivity contribution in [3.8, 4) is 0 Å². The summed E-state index contributed by atoms with van der Waals surface area (Å²) in [4.78, 5) is 11.6. The first-order valence-electron chi connectivity index (χ1n) is 9.53. The zero-order valence-electron chi connectivity index (χ0n) is 16.0. The fourth-order valence-electron chi connectivity index (χ4n) is 5.66. The maximum Gasteiger partial charge on any atom is 0.333 e. The number of ether oxygens (including phenoxy) is 2. The van der Waals surface area contributed by atoms with Crippen LogP contribution in [-0.4, -0.2) is 30.6 Å². The molecule has 6 atom stereocenters. The molecule has 0 bridgehead atoms. The quantitative estimate of drug-likeness (QED) is 0.616. The summed E-state index contributed by atoms with van der Waals surface area (Å²) in [5.41, 5.74) is 2.13. The van der Waals surface area contributed by atoms with Crippen LogP contribution in [0, 0.1) is 22.7 Å². The van der Waals surface area contributed by atoms with Gasteiger partial charge in [-0.05, 0) is 66.8 Å². The summed E-state index contributed by atoms with van der Waals surface area (Å²) in [6, 6.07) is 0. The first-order valence-corrected chi connectivity index (χ1v) is 9.53. The minimum absolute atomic E-state index is 0.00988. The van der Waals surface area contributed by atoms with Gasteiger partial charge >= 0.3 is 5.97 Å². The lowest BCUT2D eigenvalue weighted by Crippen LogP contribution is -2.52. The fraction of sp³-hybridized carbons (Fsp3) is 0.762. The topological polar surface area (TPSA) is 55.8 Å². The van der Waals surface area contributed by atoms with Crippen molar-refractivity contribution in [3.05, 3.63) is 23.8 Å². The van der Waals surface area contributed by atoms with Gasteiger partial charge in [-0.15, -0.1) is 0 Å². The Hall–Kier alpha value is -1.13. The van der Waals surface area contributed by atoms with E-state index < -0.39 is 6.29 Å². The highest BCUT2D eigenvalue weighted by atomic mass is 16.7. The normalized spacial score (nSPS) is 44.3. The van der Waals surface area contributed by atoms with Gasteiger partial charge in [0.15, 0.2) is 0 Å². The van der Waals surface area contributed by atoms with Gasteiger partial charge in [-0.25, -0.2) is 4.79 Å². The molecule has 0 radical (unpaired) electrons. The van der Waals surface area contributed by atoms with Crippen molar-refractivity contribution in [2.45, 2.75) is 71.7 Å². The summed E-state index contributed by atoms with van der Waals surface area (Å²) in [6.45, 7) is 11.3. The Bertz CT molecular complexity index is 595. The van der Waals surface area contributed by atoms with E-state index in [1.54, 1.807) is 13.2 Å². The highest BCUT2D eigenvalue weighted by molar-refractivity contribution is 5.85. The van der Waals surface area contributed by atoms with Crippen molar-refractivity contribution in [2.75, 3.05) is 7.11 Å². The van der Waals surface area contributed by atoms with Crippen LogP contribution in [-0.2, 0) is 14.3 Å². The van der Waals surface area contributed by atoms with Gasteiger partial charge in [-0.1, -0.05) is 27.4 Å². The van der Waals surface area contributed by atoms with Gasteiger partial charge in [0.1, 0.15) is 0 Å². The smallest absolute Gasteiger partial charge is 0.333 e. The van der Waals surface area contributed by atoms with Crippen LogP contribution >= 0.6 is 0 Å². The van der Waals surface area contributed by atoms with Gasteiger partial charge in [0.05, 0.1) is 6.10 Å². The van der Waals surface area contributed by atoms with Crippen molar-refractivity contribution < 1.29 is 19.4 Å². The van der Waals surface area contributed by atoms with Crippen molar-refractivity contribution in [3.63, 3.8) is 0 Å². The maximum atomic E-state index is 11.6.